The van der Waals surface area contributed by atoms with E-state index in [1.165, 1.54) is 0 Å². The van der Waals surface area contributed by atoms with Crippen LogP contribution in [-0.4, -0.2) is 23.0 Å². The van der Waals surface area contributed by atoms with Crippen molar-refractivity contribution in [2.45, 2.75) is 32.2 Å². The molecule has 2 N–H and O–H groups in total. The fraction of sp³-hybridized carbons (Fsp3) is 0.375. The molecule has 1 aliphatic rings. The number of benzene rings is 1. The third-order valence-electron chi connectivity index (χ3n) is 4.25. The topological polar surface area (TPSA) is 79.5 Å². The molecule has 1 aromatic carbocycles. The van der Waals surface area contributed by atoms with Gasteiger partial charge in [-0.15, -0.1) is 0 Å². The average molecular weight is 322 g/mol. The van der Waals surface area contributed by atoms with Crippen molar-refractivity contribution in [1.29, 1.82) is 0 Å². The van der Waals surface area contributed by atoms with Gasteiger partial charge in [0.15, 0.2) is 5.76 Å². The van der Waals surface area contributed by atoms with Gasteiger partial charge in [0, 0.05) is 22.0 Å². The molecule has 1 amide bonds. The molecule has 0 spiro atoms. The van der Waals surface area contributed by atoms with Crippen molar-refractivity contribution < 1.29 is 19.1 Å². The first-order valence-electron chi connectivity index (χ1n) is 7.19. The number of carbonyl (C=O) groups is 2. The van der Waals surface area contributed by atoms with E-state index in [4.69, 9.17) is 16.0 Å². The molecule has 1 aliphatic carbocycles. The summed E-state index contributed by atoms with van der Waals surface area (Å²) in [6.07, 6.45) is 2.07. The number of carboxylic acids is 1. The Bertz CT molecular complexity index is 752. The van der Waals surface area contributed by atoms with E-state index in [1.54, 1.807) is 25.1 Å². The van der Waals surface area contributed by atoms with Crippen molar-refractivity contribution >= 4 is 34.4 Å². The zero-order valence-corrected chi connectivity index (χ0v) is 12.8. The number of fused-ring (bicyclic) bond motifs is 1. The lowest BCUT2D eigenvalue weighted by molar-refractivity contribution is -0.142. The lowest BCUT2D eigenvalue weighted by atomic mass is 10.0. The highest BCUT2D eigenvalue weighted by molar-refractivity contribution is 6.31. The van der Waals surface area contributed by atoms with Crippen molar-refractivity contribution in [2.75, 3.05) is 0 Å². The van der Waals surface area contributed by atoms with Crippen LogP contribution < -0.4 is 5.32 Å². The standard InChI is InChI=1S/C16H16ClNO4/c1-8-11-7-9(17)5-6-13(11)22-14(8)15(19)18-12-4-2-3-10(12)16(20)21/h5-7,10,12H,2-4H2,1H3,(H,18,19)(H,20,21)/t10-,12+/m0/s1. The van der Waals surface area contributed by atoms with Crippen LogP contribution in [0.1, 0.15) is 35.4 Å². The molecule has 2 atom stereocenters. The molecule has 1 fully saturated rings. The Labute approximate surface area is 132 Å². The summed E-state index contributed by atoms with van der Waals surface area (Å²) in [6.45, 7) is 1.79. The number of hydrogen-bond donors (Lipinski definition) is 2. The maximum Gasteiger partial charge on any atom is 0.308 e. The zero-order chi connectivity index (χ0) is 15.9. The summed E-state index contributed by atoms with van der Waals surface area (Å²) in [7, 11) is 0. The van der Waals surface area contributed by atoms with E-state index in [0.717, 1.165) is 11.8 Å². The molecule has 0 radical (unpaired) electrons. The third-order valence-corrected chi connectivity index (χ3v) is 4.49. The number of nitrogens with one attached hydrogen (secondary N) is 1. The van der Waals surface area contributed by atoms with Crippen molar-refractivity contribution in [2.24, 2.45) is 5.92 Å². The Morgan fingerprint density at radius 1 is 1.36 bits per heavy atom. The second-order valence-corrected chi connectivity index (χ2v) is 6.09. The SMILES string of the molecule is Cc1c(C(=O)N[C@@H]2CCC[C@@H]2C(=O)O)oc2ccc(Cl)cc12. The number of rotatable bonds is 3. The van der Waals surface area contributed by atoms with Crippen LogP contribution in [0.5, 0.6) is 0 Å². The summed E-state index contributed by atoms with van der Waals surface area (Å²) < 4.78 is 5.60. The highest BCUT2D eigenvalue weighted by Crippen LogP contribution is 2.29. The Balaban J connectivity index is 1.86. The van der Waals surface area contributed by atoms with Crippen molar-refractivity contribution in [3.63, 3.8) is 0 Å². The van der Waals surface area contributed by atoms with Gasteiger partial charge in [-0.25, -0.2) is 0 Å². The van der Waals surface area contributed by atoms with Gasteiger partial charge >= 0.3 is 5.97 Å². The van der Waals surface area contributed by atoms with Crippen LogP contribution in [0.3, 0.4) is 0 Å². The molecule has 1 saturated carbocycles. The Morgan fingerprint density at radius 3 is 2.86 bits per heavy atom. The van der Waals surface area contributed by atoms with Crippen LogP contribution in [0.2, 0.25) is 5.02 Å². The van der Waals surface area contributed by atoms with Gasteiger partial charge in [0.2, 0.25) is 0 Å². The van der Waals surface area contributed by atoms with Crippen molar-refractivity contribution in [1.82, 2.24) is 5.32 Å². The fourth-order valence-corrected chi connectivity index (χ4v) is 3.24. The predicted molar refractivity (Wildman–Crippen MR) is 82.2 cm³/mol. The monoisotopic (exact) mass is 321 g/mol. The van der Waals surface area contributed by atoms with E-state index in [1.807, 2.05) is 0 Å². The van der Waals surface area contributed by atoms with Gasteiger partial charge in [-0.05, 0) is 38.0 Å². The van der Waals surface area contributed by atoms with Gasteiger partial charge in [-0.1, -0.05) is 18.0 Å². The van der Waals surface area contributed by atoms with Crippen LogP contribution in [0.15, 0.2) is 22.6 Å². The van der Waals surface area contributed by atoms with Crippen molar-refractivity contribution in [3.8, 4) is 0 Å². The predicted octanol–water partition coefficient (Wildman–Crippen LogP) is 3.38. The maximum absolute atomic E-state index is 12.4. The normalized spacial score (nSPS) is 21.2. The quantitative estimate of drug-likeness (QED) is 0.908. The number of halogens is 1. The molecule has 0 aliphatic heterocycles. The molecule has 3 rings (SSSR count). The first-order chi connectivity index (χ1) is 10.5. The van der Waals surface area contributed by atoms with Crippen LogP contribution >= 0.6 is 11.6 Å². The minimum atomic E-state index is -0.865. The highest BCUT2D eigenvalue weighted by Gasteiger charge is 2.34. The van der Waals surface area contributed by atoms with Crippen LogP contribution in [0.25, 0.3) is 11.0 Å². The number of carboxylic acid groups (broad SMARTS) is 1. The first-order valence-corrected chi connectivity index (χ1v) is 7.57. The number of aryl methyl sites for hydroxylation is 1. The van der Waals surface area contributed by atoms with E-state index in [2.05, 4.69) is 5.32 Å². The second kappa shape index (κ2) is 5.65. The number of furan rings is 1. The van der Waals surface area contributed by atoms with E-state index in [-0.39, 0.29) is 17.7 Å². The highest BCUT2D eigenvalue weighted by atomic mass is 35.5. The molecular weight excluding hydrogens is 306 g/mol. The van der Waals surface area contributed by atoms with Gasteiger partial charge in [-0.3, -0.25) is 9.59 Å². The molecular formula is C16H16ClNO4. The molecule has 0 bridgehead atoms. The number of aliphatic carboxylic acids is 1. The van der Waals surface area contributed by atoms with E-state index in [9.17, 15) is 14.7 Å². The molecule has 0 saturated heterocycles. The van der Waals surface area contributed by atoms with Gasteiger partial charge < -0.3 is 14.8 Å². The van der Waals surface area contributed by atoms with Gasteiger partial charge in [0.1, 0.15) is 5.58 Å². The first kappa shape index (κ1) is 14.9. The Kier molecular flexibility index (Phi) is 3.83. The van der Waals surface area contributed by atoms with Crippen LogP contribution in [0, 0.1) is 12.8 Å². The molecule has 1 aromatic heterocycles. The lowest BCUT2D eigenvalue weighted by Gasteiger charge is -2.16. The largest absolute Gasteiger partial charge is 0.481 e. The number of hydrogen-bond acceptors (Lipinski definition) is 3. The molecule has 5 nitrogen and oxygen atoms in total. The summed E-state index contributed by atoms with van der Waals surface area (Å²) >= 11 is 5.96. The van der Waals surface area contributed by atoms with Gasteiger partial charge in [-0.2, -0.15) is 0 Å². The minimum Gasteiger partial charge on any atom is -0.481 e. The molecule has 1 heterocycles. The molecule has 0 unspecified atom stereocenters. The molecule has 2 aromatic rings. The van der Waals surface area contributed by atoms with Crippen molar-refractivity contribution in [3.05, 3.63) is 34.5 Å². The second-order valence-electron chi connectivity index (χ2n) is 5.65. The average Bonchev–Trinajstić information content (AvgIpc) is 3.04. The molecule has 22 heavy (non-hydrogen) atoms. The smallest absolute Gasteiger partial charge is 0.308 e. The number of carbonyl (C=O) groups excluding carboxylic acids is 1. The Hall–Kier alpha value is -2.01. The lowest BCUT2D eigenvalue weighted by Crippen LogP contribution is -2.40. The summed E-state index contributed by atoms with van der Waals surface area (Å²) in [5.41, 5.74) is 1.30. The molecule has 116 valence electrons. The molecule has 6 heteroatoms. The fourth-order valence-electron chi connectivity index (χ4n) is 3.07. The van der Waals surface area contributed by atoms with Crippen LogP contribution in [0.4, 0.5) is 0 Å². The number of amides is 1. The summed E-state index contributed by atoms with van der Waals surface area (Å²) in [5.74, 6) is -1.55. The van der Waals surface area contributed by atoms with Crippen LogP contribution in [-0.2, 0) is 4.79 Å². The maximum atomic E-state index is 12.4. The van der Waals surface area contributed by atoms with Gasteiger partial charge in [0.05, 0.1) is 5.92 Å². The van der Waals surface area contributed by atoms with E-state index < -0.39 is 11.9 Å². The zero-order valence-electron chi connectivity index (χ0n) is 12.1. The third kappa shape index (κ3) is 2.57. The Morgan fingerprint density at radius 2 is 2.14 bits per heavy atom. The van der Waals surface area contributed by atoms with E-state index >= 15 is 0 Å². The minimum absolute atomic E-state index is 0.216. The van der Waals surface area contributed by atoms with Gasteiger partial charge in [0.25, 0.3) is 5.91 Å². The van der Waals surface area contributed by atoms with E-state index in [0.29, 0.717) is 29.0 Å². The summed E-state index contributed by atoms with van der Waals surface area (Å²) in [6, 6.07) is 4.83. The summed E-state index contributed by atoms with van der Waals surface area (Å²) in [5, 5.41) is 13.3. The summed E-state index contributed by atoms with van der Waals surface area (Å²) in [4.78, 5) is 23.6.